The first-order valence-corrected chi connectivity index (χ1v) is 11.7. The van der Waals surface area contributed by atoms with Crippen LogP contribution in [0.5, 0.6) is 5.75 Å². The number of benzene rings is 3. The van der Waals surface area contributed by atoms with E-state index in [0.717, 1.165) is 41.1 Å². The van der Waals surface area contributed by atoms with Crippen molar-refractivity contribution in [3.8, 4) is 5.75 Å². The van der Waals surface area contributed by atoms with E-state index < -0.39 is 0 Å². The Bertz CT molecular complexity index is 1100. The normalized spacial score (nSPS) is 14.8. The van der Waals surface area contributed by atoms with Crippen molar-refractivity contribution >= 4 is 17.3 Å². The molecule has 172 valence electrons. The summed E-state index contributed by atoms with van der Waals surface area (Å²) in [6.45, 7) is 4.93. The van der Waals surface area contributed by atoms with Crippen molar-refractivity contribution in [3.63, 3.8) is 0 Å². The summed E-state index contributed by atoms with van der Waals surface area (Å²) < 4.78 is 5.39. The Kier molecular flexibility index (Phi) is 6.73. The van der Waals surface area contributed by atoms with Crippen molar-refractivity contribution < 1.29 is 9.53 Å². The lowest BCUT2D eigenvalue weighted by Crippen LogP contribution is -2.34. The number of nitrogens with zero attached hydrogens (tertiary/aromatic N) is 2. The Morgan fingerprint density at radius 3 is 2.24 bits per heavy atom. The highest BCUT2D eigenvalue weighted by Crippen LogP contribution is 2.38. The lowest BCUT2D eigenvalue weighted by Gasteiger charge is -2.27. The molecule has 1 unspecified atom stereocenters. The summed E-state index contributed by atoms with van der Waals surface area (Å²) in [6, 6.07) is 23.0. The van der Waals surface area contributed by atoms with Gasteiger partial charge in [0.05, 0.1) is 19.6 Å². The van der Waals surface area contributed by atoms with Crippen LogP contribution in [0.4, 0.5) is 11.4 Å². The highest BCUT2D eigenvalue weighted by atomic mass is 16.5. The highest BCUT2D eigenvalue weighted by Gasteiger charge is 2.33. The summed E-state index contributed by atoms with van der Waals surface area (Å²) in [5, 5.41) is 0. The third kappa shape index (κ3) is 4.90. The van der Waals surface area contributed by atoms with Gasteiger partial charge >= 0.3 is 0 Å². The Labute approximate surface area is 197 Å². The molecule has 4 nitrogen and oxygen atoms in total. The fraction of sp³-hybridized carbons (Fsp3) is 0.345. The molecule has 0 saturated heterocycles. The van der Waals surface area contributed by atoms with E-state index in [9.17, 15) is 4.79 Å². The number of carbonyl (C=O) groups is 1. The number of amides is 1. The van der Waals surface area contributed by atoms with Gasteiger partial charge in [-0.1, -0.05) is 44.2 Å². The molecule has 1 aliphatic carbocycles. The van der Waals surface area contributed by atoms with Crippen LogP contribution in [0.15, 0.2) is 66.7 Å². The number of carbonyl (C=O) groups excluding carboxylic acids is 1. The van der Waals surface area contributed by atoms with Gasteiger partial charge in [0.15, 0.2) is 0 Å². The van der Waals surface area contributed by atoms with Crippen LogP contribution >= 0.6 is 0 Å². The third-order valence-corrected chi connectivity index (χ3v) is 6.66. The minimum atomic E-state index is -0.128. The van der Waals surface area contributed by atoms with E-state index in [1.807, 2.05) is 25.1 Å². The predicted octanol–water partition coefficient (Wildman–Crippen LogP) is 6.15. The van der Waals surface area contributed by atoms with Crippen LogP contribution in [0.3, 0.4) is 0 Å². The van der Waals surface area contributed by atoms with E-state index in [1.165, 1.54) is 11.1 Å². The number of ether oxygens (including phenoxy) is 1. The number of anilines is 2. The Morgan fingerprint density at radius 1 is 0.970 bits per heavy atom. The first kappa shape index (κ1) is 22.9. The van der Waals surface area contributed by atoms with Gasteiger partial charge in [0.2, 0.25) is 5.91 Å². The lowest BCUT2D eigenvalue weighted by atomic mass is 9.98. The second-order valence-electron chi connectivity index (χ2n) is 9.39. The molecule has 0 N–H and O–H groups in total. The molecule has 0 spiro atoms. The zero-order chi connectivity index (χ0) is 23.5. The first-order valence-electron chi connectivity index (χ1n) is 11.7. The highest BCUT2D eigenvalue weighted by molar-refractivity contribution is 5.98. The number of hydrogen-bond donors (Lipinski definition) is 0. The summed E-state index contributed by atoms with van der Waals surface area (Å²) >= 11 is 0. The molecule has 0 aromatic heterocycles. The number of aryl methyl sites for hydroxylation is 1. The molecule has 4 rings (SSSR count). The summed E-state index contributed by atoms with van der Waals surface area (Å²) in [5.41, 5.74) is 6.85. The van der Waals surface area contributed by atoms with Crippen molar-refractivity contribution in [2.45, 2.75) is 45.1 Å². The SMILES string of the molecule is COc1ccc2c(c1)CCC2C(=O)N(Cc1ccc(N(C)C)cc1)c1ccc(C(C)C)cc1. The smallest absolute Gasteiger partial charge is 0.234 e. The molecular weight excluding hydrogens is 408 g/mol. The zero-order valence-electron chi connectivity index (χ0n) is 20.3. The maximum absolute atomic E-state index is 13.9. The molecule has 1 amide bonds. The van der Waals surface area contributed by atoms with E-state index in [-0.39, 0.29) is 11.8 Å². The predicted molar refractivity (Wildman–Crippen MR) is 137 cm³/mol. The van der Waals surface area contributed by atoms with Gasteiger partial charge in [-0.25, -0.2) is 0 Å². The van der Waals surface area contributed by atoms with Gasteiger partial charge in [-0.2, -0.15) is 0 Å². The van der Waals surface area contributed by atoms with E-state index in [1.54, 1.807) is 7.11 Å². The molecule has 3 aromatic carbocycles. The van der Waals surface area contributed by atoms with Crippen LogP contribution < -0.4 is 14.5 Å². The molecule has 0 saturated carbocycles. The van der Waals surface area contributed by atoms with E-state index in [2.05, 4.69) is 79.4 Å². The summed E-state index contributed by atoms with van der Waals surface area (Å²) in [4.78, 5) is 18.0. The van der Waals surface area contributed by atoms with Gasteiger partial charge in [0.1, 0.15) is 5.75 Å². The van der Waals surface area contributed by atoms with Crippen LogP contribution in [-0.2, 0) is 17.8 Å². The average molecular weight is 443 g/mol. The zero-order valence-corrected chi connectivity index (χ0v) is 20.3. The number of fused-ring (bicyclic) bond motifs is 1. The minimum absolute atomic E-state index is 0.128. The van der Waals surface area contributed by atoms with Gasteiger partial charge in [0, 0.05) is 25.5 Å². The quantitative estimate of drug-likeness (QED) is 0.440. The first-order chi connectivity index (χ1) is 15.9. The summed E-state index contributed by atoms with van der Waals surface area (Å²) in [5.74, 6) is 1.34. The van der Waals surface area contributed by atoms with E-state index >= 15 is 0 Å². The molecule has 0 heterocycles. The Morgan fingerprint density at radius 2 is 1.64 bits per heavy atom. The maximum Gasteiger partial charge on any atom is 0.234 e. The molecule has 1 aliphatic rings. The lowest BCUT2D eigenvalue weighted by molar-refractivity contribution is -0.120. The molecule has 33 heavy (non-hydrogen) atoms. The topological polar surface area (TPSA) is 32.8 Å². The molecule has 4 heteroatoms. The third-order valence-electron chi connectivity index (χ3n) is 6.66. The maximum atomic E-state index is 13.9. The van der Waals surface area contributed by atoms with Gasteiger partial charge in [-0.15, -0.1) is 0 Å². The van der Waals surface area contributed by atoms with Crippen molar-refractivity contribution in [3.05, 3.63) is 89.0 Å². The molecule has 0 aliphatic heterocycles. The largest absolute Gasteiger partial charge is 0.497 e. The monoisotopic (exact) mass is 442 g/mol. The molecule has 1 atom stereocenters. The fourth-order valence-corrected chi connectivity index (χ4v) is 4.58. The van der Waals surface area contributed by atoms with Gasteiger partial charge < -0.3 is 14.5 Å². The van der Waals surface area contributed by atoms with E-state index in [4.69, 9.17) is 4.74 Å². The molecule has 0 radical (unpaired) electrons. The van der Waals surface area contributed by atoms with Gasteiger partial charge in [-0.3, -0.25) is 4.79 Å². The van der Waals surface area contributed by atoms with Crippen molar-refractivity contribution in [1.82, 2.24) is 0 Å². The Hall–Kier alpha value is -3.27. The minimum Gasteiger partial charge on any atom is -0.497 e. The second kappa shape index (κ2) is 9.70. The molecule has 3 aromatic rings. The van der Waals surface area contributed by atoms with Crippen LogP contribution in [0.1, 0.15) is 54.4 Å². The second-order valence-corrected chi connectivity index (χ2v) is 9.39. The van der Waals surface area contributed by atoms with E-state index in [0.29, 0.717) is 12.5 Å². The summed E-state index contributed by atoms with van der Waals surface area (Å²) in [6.07, 6.45) is 1.74. The standard InChI is InChI=1S/C29H34N2O2/c1-20(2)22-8-13-25(14-9-22)31(19-21-6-11-24(12-7-21)30(3)4)29(32)28-16-10-23-18-26(33-5)15-17-27(23)28/h6-9,11-15,17-18,20,28H,10,16,19H2,1-5H3. The summed E-state index contributed by atoms with van der Waals surface area (Å²) in [7, 11) is 5.75. The van der Waals surface area contributed by atoms with Crippen LogP contribution in [0, 0.1) is 0 Å². The Balaban J connectivity index is 1.66. The van der Waals surface area contributed by atoms with Crippen LogP contribution in [0.2, 0.25) is 0 Å². The van der Waals surface area contributed by atoms with Crippen LogP contribution in [0.25, 0.3) is 0 Å². The fourth-order valence-electron chi connectivity index (χ4n) is 4.58. The average Bonchev–Trinajstić information content (AvgIpc) is 3.25. The number of rotatable bonds is 7. The molecule has 0 fully saturated rings. The van der Waals surface area contributed by atoms with Gasteiger partial charge in [0.25, 0.3) is 0 Å². The van der Waals surface area contributed by atoms with Crippen molar-refractivity contribution in [1.29, 1.82) is 0 Å². The number of hydrogen-bond acceptors (Lipinski definition) is 3. The van der Waals surface area contributed by atoms with Crippen molar-refractivity contribution in [2.75, 3.05) is 31.0 Å². The molecular formula is C29H34N2O2. The van der Waals surface area contributed by atoms with Gasteiger partial charge in [-0.05, 0) is 77.4 Å². The van der Waals surface area contributed by atoms with Crippen molar-refractivity contribution in [2.24, 2.45) is 0 Å². The molecule has 0 bridgehead atoms. The number of methoxy groups -OCH3 is 1. The van der Waals surface area contributed by atoms with Crippen LogP contribution in [-0.4, -0.2) is 27.1 Å².